The Morgan fingerprint density at radius 1 is 0.476 bits per heavy atom. The van der Waals surface area contributed by atoms with Crippen molar-refractivity contribution in [2.75, 3.05) is 0 Å². The highest BCUT2D eigenvalue weighted by Gasteiger charge is 2.10. The van der Waals surface area contributed by atoms with E-state index in [4.69, 9.17) is 0 Å². The minimum atomic E-state index is -0.403. The van der Waals surface area contributed by atoms with Crippen LogP contribution in [0, 0.1) is 0 Å². The van der Waals surface area contributed by atoms with Crippen molar-refractivity contribution in [3.8, 4) is 5.75 Å². The fraction of sp³-hybridized carbons (Fsp3) is 0.789. The van der Waals surface area contributed by atoms with Crippen LogP contribution in [0.3, 0.4) is 0 Å². The molecular weight excluding hydrogens is 518 g/mol. The molecule has 0 radical (unpaired) electrons. The van der Waals surface area contributed by atoms with E-state index in [9.17, 15) is 14.7 Å². The number of phenols is 1. The average Bonchev–Trinajstić information content (AvgIpc) is 2.98. The number of carbonyl (C=O) groups excluding carboxylic acids is 2. The second-order valence-electron chi connectivity index (χ2n) is 12.7. The van der Waals surface area contributed by atoms with Gasteiger partial charge in [0, 0.05) is 12.0 Å². The maximum atomic E-state index is 12.0. The molecule has 0 unspecified atom stereocenters. The van der Waals surface area contributed by atoms with Gasteiger partial charge in [-0.2, -0.15) is 0 Å². The van der Waals surface area contributed by atoms with Crippen molar-refractivity contribution in [2.45, 2.75) is 193 Å². The summed E-state index contributed by atoms with van der Waals surface area (Å²) < 4.78 is 0. The molecule has 0 spiro atoms. The number of hydrogen-bond acceptors (Lipinski definition) is 3. The summed E-state index contributed by atoms with van der Waals surface area (Å²) in [7, 11) is 0. The number of aromatic hydroxyl groups is 1. The van der Waals surface area contributed by atoms with Crippen LogP contribution in [0.1, 0.15) is 203 Å². The Labute approximate surface area is 260 Å². The molecule has 0 aromatic heterocycles. The van der Waals surface area contributed by atoms with Crippen LogP contribution >= 0.6 is 0 Å². The maximum Gasteiger partial charge on any atom is 0.257 e. The highest BCUT2D eigenvalue weighted by Crippen LogP contribution is 2.16. The molecule has 0 saturated heterocycles. The first kappa shape index (κ1) is 38.2. The van der Waals surface area contributed by atoms with Gasteiger partial charge in [-0.25, -0.2) is 0 Å². The summed E-state index contributed by atoms with van der Waals surface area (Å²) in [5.41, 5.74) is 0.386. The zero-order valence-corrected chi connectivity index (χ0v) is 27.6. The summed E-state index contributed by atoms with van der Waals surface area (Å²) in [6.07, 6.45) is 38.9. The second kappa shape index (κ2) is 29.2. The quantitative estimate of drug-likeness (QED) is 0.0882. The highest BCUT2D eigenvalue weighted by atomic mass is 16.3. The van der Waals surface area contributed by atoms with Gasteiger partial charge < -0.3 is 5.11 Å². The van der Waals surface area contributed by atoms with Crippen molar-refractivity contribution in [3.05, 3.63) is 29.8 Å². The maximum absolute atomic E-state index is 12.0. The van der Waals surface area contributed by atoms with E-state index in [2.05, 4.69) is 12.2 Å². The summed E-state index contributed by atoms with van der Waals surface area (Å²) in [6, 6.07) is 5.92. The Morgan fingerprint density at radius 3 is 1.07 bits per heavy atom. The standard InChI is InChI=1S/C38H67NO3/c1-2-3-4-5-6-7-8-9-10-11-12-13-14-15-16-17-18-19-20-21-22-23-24-25-26-27-28-29-30-37(41)39-38(42)35-31-33-36(40)34-32-35/h31-34,40H,2-30H2,1H3,(H,39,41,42). The monoisotopic (exact) mass is 586 g/mol. The van der Waals surface area contributed by atoms with Crippen LogP contribution in [0.2, 0.25) is 0 Å². The van der Waals surface area contributed by atoms with Gasteiger partial charge in [0.1, 0.15) is 5.75 Å². The van der Waals surface area contributed by atoms with Crippen molar-refractivity contribution in [3.63, 3.8) is 0 Å². The van der Waals surface area contributed by atoms with E-state index in [1.54, 1.807) is 0 Å². The van der Waals surface area contributed by atoms with E-state index < -0.39 is 5.91 Å². The molecule has 0 aliphatic heterocycles. The minimum absolute atomic E-state index is 0.105. The number of carbonyl (C=O) groups is 2. The number of unbranched alkanes of at least 4 members (excludes halogenated alkanes) is 27. The van der Waals surface area contributed by atoms with E-state index in [0.717, 1.165) is 12.8 Å². The van der Waals surface area contributed by atoms with Crippen molar-refractivity contribution < 1.29 is 14.7 Å². The minimum Gasteiger partial charge on any atom is -0.508 e. The number of phenolic OH excluding ortho intramolecular Hbond substituents is 1. The predicted octanol–water partition coefficient (Wildman–Crippen LogP) is 12.0. The number of amides is 2. The van der Waals surface area contributed by atoms with Crippen molar-refractivity contribution in [1.82, 2.24) is 5.32 Å². The van der Waals surface area contributed by atoms with Gasteiger partial charge in [-0.3, -0.25) is 14.9 Å². The number of benzene rings is 1. The van der Waals surface area contributed by atoms with Crippen LogP contribution in [-0.4, -0.2) is 16.9 Å². The van der Waals surface area contributed by atoms with E-state index in [1.807, 2.05) is 0 Å². The lowest BCUT2D eigenvalue weighted by atomic mass is 10.0. The van der Waals surface area contributed by atoms with Gasteiger partial charge in [0.25, 0.3) is 5.91 Å². The lowest BCUT2D eigenvalue weighted by molar-refractivity contribution is -0.120. The Morgan fingerprint density at radius 2 is 0.762 bits per heavy atom. The van der Waals surface area contributed by atoms with E-state index in [-0.39, 0.29) is 11.7 Å². The fourth-order valence-corrected chi connectivity index (χ4v) is 5.83. The molecule has 4 heteroatoms. The Balaban J connectivity index is 1.71. The van der Waals surface area contributed by atoms with Crippen molar-refractivity contribution in [2.24, 2.45) is 0 Å². The summed E-state index contributed by atoms with van der Waals surface area (Å²) in [6.45, 7) is 2.29. The van der Waals surface area contributed by atoms with Crippen LogP contribution in [0.15, 0.2) is 24.3 Å². The van der Waals surface area contributed by atoms with Gasteiger partial charge in [-0.05, 0) is 30.7 Å². The number of hydrogen-bond donors (Lipinski definition) is 2. The Hall–Kier alpha value is -1.84. The molecule has 0 bridgehead atoms. The molecule has 1 aromatic carbocycles. The van der Waals surface area contributed by atoms with Gasteiger partial charge in [0.15, 0.2) is 0 Å². The third kappa shape index (κ3) is 24.7. The Bertz CT molecular complexity index is 745. The predicted molar refractivity (Wildman–Crippen MR) is 180 cm³/mol. The van der Waals surface area contributed by atoms with Gasteiger partial charge in [0.05, 0.1) is 0 Å². The number of imide groups is 1. The first-order chi connectivity index (χ1) is 20.6. The molecule has 0 fully saturated rings. The Kier molecular flexibility index (Phi) is 26.6. The highest BCUT2D eigenvalue weighted by molar-refractivity contribution is 6.04. The first-order valence-corrected chi connectivity index (χ1v) is 18.3. The van der Waals surface area contributed by atoms with Gasteiger partial charge in [0.2, 0.25) is 5.91 Å². The van der Waals surface area contributed by atoms with E-state index in [0.29, 0.717) is 12.0 Å². The van der Waals surface area contributed by atoms with E-state index >= 15 is 0 Å². The molecule has 2 amide bonds. The van der Waals surface area contributed by atoms with E-state index in [1.165, 1.54) is 191 Å². The molecule has 1 rings (SSSR count). The summed E-state index contributed by atoms with van der Waals surface area (Å²) in [5.74, 6) is -0.517. The van der Waals surface area contributed by atoms with Crippen LogP contribution in [0.25, 0.3) is 0 Å². The summed E-state index contributed by atoms with van der Waals surface area (Å²) in [4.78, 5) is 24.0. The zero-order chi connectivity index (χ0) is 30.4. The lowest BCUT2D eigenvalue weighted by Gasteiger charge is -2.05. The molecule has 0 heterocycles. The molecular formula is C38H67NO3. The molecule has 0 saturated carbocycles. The van der Waals surface area contributed by atoms with Crippen LogP contribution in [0.5, 0.6) is 5.75 Å². The molecule has 42 heavy (non-hydrogen) atoms. The van der Waals surface area contributed by atoms with Crippen LogP contribution in [-0.2, 0) is 4.79 Å². The largest absolute Gasteiger partial charge is 0.508 e. The molecule has 0 aliphatic carbocycles. The van der Waals surface area contributed by atoms with Crippen molar-refractivity contribution in [1.29, 1.82) is 0 Å². The zero-order valence-electron chi connectivity index (χ0n) is 27.6. The van der Waals surface area contributed by atoms with Crippen LogP contribution in [0.4, 0.5) is 0 Å². The number of nitrogens with one attached hydrogen (secondary N) is 1. The van der Waals surface area contributed by atoms with Gasteiger partial charge >= 0.3 is 0 Å². The molecule has 0 atom stereocenters. The normalized spacial score (nSPS) is 11.2. The van der Waals surface area contributed by atoms with Gasteiger partial charge in [-0.1, -0.05) is 180 Å². The molecule has 0 aliphatic rings. The molecule has 2 N–H and O–H groups in total. The smallest absolute Gasteiger partial charge is 0.257 e. The average molecular weight is 586 g/mol. The third-order valence-electron chi connectivity index (χ3n) is 8.64. The SMILES string of the molecule is CCCCCCCCCCCCCCCCCCCCCCCCCCCCCCC(=O)NC(=O)c1ccc(O)cc1. The molecule has 1 aromatic rings. The molecule has 4 nitrogen and oxygen atoms in total. The topological polar surface area (TPSA) is 66.4 Å². The summed E-state index contributed by atoms with van der Waals surface area (Å²) in [5, 5.41) is 11.7. The van der Waals surface area contributed by atoms with Gasteiger partial charge in [-0.15, -0.1) is 0 Å². The van der Waals surface area contributed by atoms with Crippen LogP contribution < -0.4 is 5.32 Å². The number of rotatable bonds is 30. The first-order valence-electron chi connectivity index (χ1n) is 18.3. The lowest BCUT2D eigenvalue weighted by Crippen LogP contribution is -2.30. The van der Waals surface area contributed by atoms with Crippen molar-refractivity contribution >= 4 is 11.8 Å². The molecule has 242 valence electrons. The third-order valence-corrected chi connectivity index (χ3v) is 8.64. The summed E-state index contributed by atoms with van der Waals surface area (Å²) >= 11 is 0. The second-order valence-corrected chi connectivity index (χ2v) is 12.7. The fourth-order valence-electron chi connectivity index (χ4n) is 5.83.